The van der Waals surface area contributed by atoms with Gasteiger partial charge in [0.05, 0.1) is 0 Å². The number of likely N-dealkylation sites (tertiary alicyclic amines) is 1. The maximum absolute atomic E-state index is 12.5. The quantitative estimate of drug-likeness (QED) is 0.440. The second-order valence-electron chi connectivity index (χ2n) is 7.85. The average molecular weight is 421 g/mol. The van der Waals surface area contributed by atoms with E-state index in [1.807, 2.05) is 42.2 Å². The zero-order valence-corrected chi connectivity index (χ0v) is 18.0. The monoisotopic (exact) mass is 420 g/mol. The van der Waals surface area contributed by atoms with E-state index in [4.69, 9.17) is 4.74 Å². The van der Waals surface area contributed by atoms with Crippen molar-refractivity contribution in [3.05, 3.63) is 71.3 Å². The van der Waals surface area contributed by atoms with Gasteiger partial charge >= 0.3 is 5.97 Å². The highest BCUT2D eigenvalue weighted by Crippen LogP contribution is 2.18. The summed E-state index contributed by atoms with van der Waals surface area (Å²) in [5, 5.41) is 2.95. The van der Waals surface area contributed by atoms with E-state index >= 15 is 0 Å². The fourth-order valence-electron chi connectivity index (χ4n) is 3.61. The Balaban J connectivity index is 1.44. The van der Waals surface area contributed by atoms with Crippen LogP contribution in [0.25, 0.3) is 6.08 Å². The molecule has 3 rings (SSSR count). The van der Waals surface area contributed by atoms with Crippen molar-refractivity contribution in [2.24, 2.45) is 5.92 Å². The molecule has 0 unspecified atom stereocenters. The lowest BCUT2D eigenvalue weighted by Crippen LogP contribution is -2.41. The SMILES string of the molecule is CC(=O)Oc1cccc(C(=O)NCC2CCN(C(=O)/C=C/c3cccc(C)c3)CC2)c1. The molecule has 162 valence electrons. The normalized spacial score (nSPS) is 14.5. The minimum Gasteiger partial charge on any atom is -0.427 e. The molecule has 2 aromatic rings. The van der Waals surface area contributed by atoms with Gasteiger partial charge in [0.15, 0.2) is 0 Å². The van der Waals surface area contributed by atoms with Crippen LogP contribution in [0.15, 0.2) is 54.6 Å². The summed E-state index contributed by atoms with van der Waals surface area (Å²) in [6.07, 6.45) is 5.17. The maximum Gasteiger partial charge on any atom is 0.308 e. The van der Waals surface area contributed by atoms with Crippen molar-refractivity contribution < 1.29 is 19.1 Å². The van der Waals surface area contributed by atoms with Crippen LogP contribution in [0.4, 0.5) is 0 Å². The number of esters is 1. The number of aryl methyl sites for hydroxylation is 1. The van der Waals surface area contributed by atoms with Gasteiger partial charge in [0, 0.05) is 38.2 Å². The van der Waals surface area contributed by atoms with Crippen molar-refractivity contribution in [2.75, 3.05) is 19.6 Å². The molecule has 0 atom stereocenters. The van der Waals surface area contributed by atoms with Crippen molar-refractivity contribution in [1.82, 2.24) is 10.2 Å². The Morgan fingerprint density at radius 1 is 1.10 bits per heavy atom. The standard InChI is InChI=1S/C25H28N2O4/c1-18-5-3-6-20(15-18)9-10-24(29)27-13-11-21(12-14-27)17-26-25(30)22-7-4-8-23(16-22)31-19(2)28/h3-10,15-16,21H,11-14,17H2,1-2H3,(H,26,30)/b10-9+. The summed E-state index contributed by atoms with van der Waals surface area (Å²) < 4.78 is 5.03. The largest absolute Gasteiger partial charge is 0.427 e. The van der Waals surface area contributed by atoms with Crippen LogP contribution in [0.3, 0.4) is 0 Å². The Morgan fingerprint density at radius 3 is 2.55 bits per heavy atom. The molecule has 0 aromatic heterocycles. The van der Waals surface area contributed by atoms with E-state index in [9.17, 15) is 14.4 Å². The molecule has 1 aliphatic heterocycles. The molecule has 0 saturated carbocycles. The van der Waals surface area contributed by atoms with Crippen LogP contribution in [0.1, 0.15) is 41.3 Å². The first kappa shape index (κ1) is 22.3. The third kappa shape index (κ3) is 6.81. The first-order chi connectivity index (χ1) is 14.9. The molecule has 0 radical (unpaired) electrons. The van der Waals surface area contributed by atoms with Crippen LogP contribution in [-0.2, 0) is 9.59 Å². The van der Waals surface area contributed by atoms with Gasteiger partial charge in [-0.3, -0.25) is 14.4 Å². The number of hydrogen-bond acceptors (Lipinski definition) is 4. The number of nitrogens with one attached hydrogen (secondary N) is 1. The van der Waals surface area contributed by atoms with Gasteiger partial charge in [-0.2, -0.15) is 0 Å². The third-order valence-corrected chi connectivity index (χ3v) is 5.30. The highest BCUT2D eigenvalue weighted by molar-refractivity contribution is 5.94. The Hall–Kier alpha value is -3.41. The molecule has 1 saturated heterocycles. The summed E-state index contributed by atoms with van der Waals surface area (Å²) in [6.45, 7) is 5.26. The zero-order chi connectivity index (χ0) is 22.2. The lowest BCUT2D eigenvalue weighted by Gasteiger charge is -2.31. The average Bonchev–Trinajstić information content (AvgIpc) is 2.76. The van der Waals surface area contributed by atoms with Crippen molar-refractivity contribution in [3.8, 4) is 5.75 Å². The number of hydrogen-bond donors (Lipinski definition) is 1. The topological polar surface area (TPSA) is 75.7 Å². The van der Waals surface area contributed by atoms with Crippen LogP contribution in [0.5, 0.6) is 5.75 Å². The maximum atomic E-state index is 12.5. The summed E-state index contributed by atoms with van der Waals surface area (Å²) in [5.74, 6) is 0.0727. The van der Waals surface area contributed by atoms with Crippen molar-refractivity contribution in [2.45, 2.75) is 26.7 Å². The minimum absolute atomic E-state index is 0.0197. The highest BCUT2D eigenvalue weighted by Gasteiger charge is 2.22. The van der Waals surface area contributed by atoms with Gasteiger partial charge < -0.3 is 15.0 Å². The number of ether oxygens (including phenoxy) is 1. The third-order valence-electron chi connectivity index (χ3n) is 5.30. The van der Waals surface area contributed by atoms with E-state index in [0.717, 1.165) is 24.0 Å². The number of nitrogens with zero attached hydrogens (tertiary/aromatic N) is 1. The number of rotatable bonds is 6. The van der Waals surface area contributed by atoms with E-state index in [0.29, 0.717) is 36.9 Å². The van der Waals surface area contributed by atoms with Crippen LogP contribution in [0.2, 0.25) is 0 Å². The highest BCUT2D eigenvalue weighted by atomic mass is 16.5. The van der Waals surface area contributed by atoms with Crippen LogP contribution < -0.4 is 10.1 Å². The molecule has 1 fully saturated rings. The van der Waals surface area contributed by atoms with E-state index in [1.54, 1.807) is 30.3 Å². The van der Waals surface area contributed by atoms with Gasteiger partial charge in [0.2, 0.25) is 5.91 Å². The van der Waals surface area contributed by atoms with Crippen LogP contribution in [0, 0.1) is 12.8 Å². The number of carbonyl (C=O) groups excluding carboxylic acids is 3. The van der Waals surface area contributed by atoms with E-state index in [-0.39, 0.29) is 11.8 Å². The summed E-state index contributed by atoms with van der Waals surface area (Å²) in [4.78, 5) is 37.8. The first-order valence-corrected chi connectivity index (χ1v) is 10.5. The van der Waals surface area contributed by atoms with Crippen molar-refractivity contribution in [1.29, 1.82) is 0 Å². The lowest BCUT2D eigenvalue weighted by molar-refractivity contribution is -0.132. The summed E-state index contributed by atoms with van der Waals surface area (Å²) >= 11 is 0. The van der Waals surface area contributed by atoms with Gasteiger partial charge in [-0.1, -0.05) is 35.9 Å². The van der Waals surface area contributed by atoms with Gasteiger partial charge in [-0.05, 0) is 55.5 Å². The Kier molecular flexibility index (Phi) is 7.60. The predicted octanol–water partition coefficient (Wildman–Crippen LogP) is 3.60. The molecule has 1 heterocycles. The molecule has 1 aliphatic rings. The molecule has 1 N–H and O–H groups in total. The Labute approximate surface area is 182 Å². The van der Waals surface area contributed by atoms with Gasteiger partial charge in [-0.25, -0.2) is 0 Å². The van der Waals surface area contributed by atoms with Crippen molar-refractivity contribution in [3.63, 3.8) is 0 Å². The second kappa shape index (κ2) is 10.6. The lowest BCUT2D eigenvalue weighted by atomic mass is 9.96. The van der Waals surface area contributed by atoms with Gasteiger partial charge in [0.1, 0.15) is 5.75 Å². The molecule has 0 spiro atoms. The Morgan fingerprint density at radius 2 is 1.84 bits per heavy atom. The number of amides is 2. The van der Waals surface area contributed by atoms with Crippen LogP contribution in [-0.4, -0.2) is 42.3 Å². The molecule has 6 nitrogen and oxygen atoms in total. The number of benzene rings is 2. The molecule has 0 bridgehead atoms. The molecule has 6 heteroatoms. The van der Waals surface area contributed by atoms with Crippen LogP contribution >= 0.6 is 0 Å². The first-order valence-electron chi connectivity index (χ1n) is 10.5. The zero-order valence-electron chi connectivity index (χ0n) is 18.0. The predicted molar refractivity (Wildman–Crippen MR) is 120 cm³/mol. The molecule has 0 aliphatic carbocycles. The van der Waals surface area contributed by atoms with Crippen molar-refractivity contribution >= 4 is 23.9 Å². The number of piperidine rings is 1. The van der Waals surface area contributed by atoms with E-state index in [1.165, 1.54) is 6.92 Å². The summed E-state index contributed by atoms with van der Waals surface area (Å²) in [5.41, 5.74) is 2.63. The molecular weight excluding hydrogens is 392 g/mol. The fraction of sp³-hybridized carbons (Fsp3) is 0.320. The molecule has 2 aromatic carbocycles. The van der Waals surface area contributed by atoms with Gasteiger partial charge in [0.25, 0.3) is 5.91 Å². The number of carbonyl (C=O) groups is 3. The molecular formula is C25H28N2O4. The second-order valence-corrected chi connectivity index (χ2v) is 7.85. The Bertz CT molecular complexity index is 975. The smallest absolute Gasteiger partial charge is 0.308 e. The van der Waals surface area contributed by atoms with E-state index < -0.39 is 5.97 Å². The molecule has 31 heavy (non-hydrogen) atoms. The summed E-state index contributed by atoms with van der Waals surface area (Å²) in [6, 6.07) is 14.6. The molecule has 2 amide bonds. The van der Waals surface area contributed by atoms with E-state index in [2.05, 4.69) is 5.32 Å². The summed E-state index contributed by atoms with van der Waals surface area (Å²) in [7, 11) is 0. The minimum atomic E-state index is -0.424. The fourth-order valence-corrected chi connectivity index (χ4v) is 3.61. The van der Waals surface area contributed by atoms with Gasteiger partial charge in [-0.15, -0.1) is 0 Å².